The van der Waals surface area contributed by atoms with Crippen LogP contribution in [0.4, 0.5) is 0 Å². The third kappa shape index (κ3) is 6.20. The smallest absolute Gasteiger partial charge is 0.335 e. The van der Waals surface area contributed by atoms with Gasteiger partial charge in [0, 0.05) is 18.3 Å². The van der Waals surface area contributed by atoms with E-state index in [-0.39, 0.29) is 5.97 Å². The highest BCUT2D eigenvalue weighted by Crippen LogP contribution is 1.94. The van der Waals surface area contributed by atoms with Gasteiger partial charge in [-0.25, -0.2) is 4.79 Å². The zero-order valence-corrected chi connectivity index (χ0v) is 8.72. The first-order valence-electron chi connectivity index (χ1n) is 4.79. The van der Waals surface area contributed by atoms with E-state index in [4.69, 9.17) is 4.74 Å². The summed E-state index contributed by atoms with van der Waals surface area (Å²) in [5.74, 6) is -0.244. The standard InChI is InChI=1S/C10H19NO2/c1-4-6-7-11-8-9(3)10(12)13-5-2/h8,11H,4-7H2,1-3H3/b9-8+. The molecule has 0 spiro atoms. The van der Waals surface area contributed by atoms with E-state index in [0.29, 0.717) is 12.2 Å². The Kier molecular flexibility index (Phi) is 7.07. The monoisotopic (exact) mass is 185 g/mol. The molecule has 0 aromatic carbocycles. The molecular weight excluding hydrogens is 166 g/mol. The van der Waals surface area contributed by atoms with Gasteiger partial charge in [0.2, 0.25) is 0 Å². The topological polar surface area (TPSA) is 38.3 Å². The minimum Gasteiger partial charge on any atom is -0.463 e. The van der Waals surface area contributed by atoms with E-state index in [9.17, 15) is 4.79 Å². The molecule has 0 atom stereocenters. The van der Waals surface area contributed by atoms with E-state index in [1.165, 1.54) is 0 Å². The van der Waals surface area contributed by atoms with Crippen LogP contribution in [0.15, 0.2) is 11.8 Å². The van der Waals surface area contributed by atoms with Gasteiger partial charge in [0.25, 0.3) is 0 Å². The number of ether oxygens (including phenoxy) is 1. The first-order chi connectivity index (χ1) is 6.22. The molecule has 3 nitrogen and oxygen atoms in total. The van der Waals surface area contributed by atoms with Crippen molar-refractivity contribution in [1.29, 1.82) is 0 Å². The van der Waals surface area contributed by atoms with Gasteiger partial charge in [0.1, 0.15) is 0 Å². The fourth-order valence-corrected chi connectivity index (χ4v) is 0.808. The molecule has 0 aliphatic rings. The minimum atomic E-state index is -0.244. The molecule has 13 heavy (non-hydrogen) atoms. The van der Waals surface area contributed by atoms with E-state index in [1.54, 1.807) is 20.0 Å². The summed E-state index contributed by atoms with van der Waals surface area (Å²) in [7, 11) is 0. The van der Waals surface area contributed by atoms with Crippen molar-refractivity contribution in [2.24, 2.45) is 0 Å². The molecule has 0 aromatic rings. The zero-order chi connectivity index (χ0) is 10.1. The van der Waals surface area contributed by atoms with Gasteiger partial charge in [-0.3, -0.25) is 0 Å². The molecule has 0 saturated carbocycles. The summed E-state index contributed by atoms with van der Waals surface area (Å²) in [6.45, 7) is 7.02. The molecule has 3 heteroatoms. The molecule has 0 bridgehead atoms. The Hall–Kier alpha value is -0.990. The molecule has 0 aliphatic carbocycles. The van der Waals surface area contributed by atoms with Gasteiger partial charge in [-0.1, -0.05) is 13.3 Å². The second-order valence-electron chi connectivity index (χ2n) is 2.86. The van der Waals surface area contributed by atoms with Crippen LogP contribution in [0.1, 0.15) is 33.6 Å². The lowest BCUT2D eigenvalue weighted by Gasteiger charge is -2.02. The van der Waals surface area contributed by atoms with Crippen LogP contribution >= 0.6 is 0 Å². The summed E-state index contributed by atoms with van der Waals surface area (Å²) >= 11 is 0. The first kappa shape index (κ1) is 12.0. The largest absolute Gasteiger partial charge is 0.463 e. The fourth-order valence-electron chi connectivity index (χ4n) is 0.808. The highest BCUT2D eigenvalue weighted by molar-refractivity contribution is 5.87. The van der Waals surface area contributed by atoms with E-state index in [1.807, 2.05) is 0 Å². The van der Waals surface area contributed by atoms with Crippen LogP contribution in [0.2, 0.25) is 0 Å². The average Bonchev–Trinajstić information content (AvgIpc) is 2.12. The van der Waals surface area contributed by atoms with Gasteiger partial charge in [0.15, 0.2) is 0 Å². The lowest BCUT2D eigenvalue weighted by atomic mass is 10.3. The number of esters is 1. The highest BCUT2D eigenvalue weighted by Gasteiger charge is 2.02. The molecule has 1 N–H and O–H groups in total. The fraction of sp³-hybridized carbons (Fsp3) is 0.700. The van der Waals surface area contributed by atoms with E-state index in [2.05, 4.69) is 12.2 Å². The molecule has 0 aromatic heterocycles. The highest BCUT2D eigenvalue weighted by atomic mass is 16.5. The summed E-state index contributed by atoms with van der Waals surface area (Å²) in [5.41, 5.74) is 0.623. The minimum absolute atomic E-state index is 0.244. The molecular formula is C10H19NO2. The summed E-state index contributed by atoms with van der Waals surface area (Å²) in [6, 6.07) is 0. The molecule has 0 radical (unpaired) electrons. The summed E-state index contributed by atoms with van der Waals surface area (Å²) in [6.07, 6.45) is 3.99. The maximum atomic E-state index is 11.1. The maximum absolute atomic E-state index is 11.1. The molecule has 0 saturated heterocycles. The quantitative estimate of drug-likeness (QED) is 0.390. The van der Waals surface area contributed by atoms with Gasteiger partial charge in [-0.15, -0.1) is 0 Å². The van der Waals surface area contributed by atoms with Crippen molar-refractivity contribution in [3.8, 4) is 0 Å². The third-order valence-electron chi connectivity index (χ3n) is 1.59. The van der Waals surface area contributed by atoms with Gasteiger partial charge >= 0.3 is 5.97 Å². The van der Waals surface area contributed by atoms with Crippen molar-refractivity contribution in [2.75, 3.05) is 13.2 Å². The molecule has 76 valence electrons. The van der Waals surface area contributed by atoms with Crippen LogP contribution in [0.25, 0.3) is 0 Å². The van der Waals surface area contributed by atoms with E-state index >= 15 is 0 Å². The van der Waals surface area contributed by atoms with Crippen LogP contribution in [-0.4, -0.2) is 19.1 Å². The van der Waals surface area contributed by atoms with Crippen LogP contribution < -0.4 is 5.32 Å². The second-order valence-corrected chi connectivity index (χ2v) is 2.86. The number of hydrogen-bond acceptors (Lipinski definition) is 3. The molecule has 0 unspecified atom stereocenters. The molecule has 0 fully saturated rings. The van der Waals surface area contributed by atoms with E-state index in [0.717, 1.165) is 19.4 Å². The van der Waals surface area contributed by atoms with Crippen molar-refractivity contribution in [3.63, 3.8) is 0 Å². The van der Waals surface area contributed by atoms with Crippen LogP contribution in [-0.2, 0) is 9.53 Å². The van der Waals surface area contributed by atoms with Crippen LogP contribution in [0, 0.1) is 0 Å². The Morgan fingerprint density at radius 1 is 1.46 bits per heavy atom. The molecule has 0 rings (SSSR count). The predicted molar refractivity (Wildman–Crippen MR) is 53.3 cm³/mol. The van der Waals surface area contributed by atoms with Crippen LogP contribution in [0.5, 0.6) is 0 Å². The van der Waals surface area contributed by atoms with Crippen molar-refractivity contribution in [1.82, 2.24) is 5.32 Å². The van der Waals surface area contributed by atoms with Gasteiger partial charge in [0.05, 0.1) is 6.61 Å². The Balaban J connectivity index is 3.67. The van der Waals surface area contributed by atoms with Crippen molar-refractivity contribution in [3.05, 3.63) is 11.8 Å². The average molecular weight is 185 g/mol. The normalized spacial score (nSPS) is 11.2. The number of hydrogen-bond donors (Lipinski definition) is 1. The number of carbonyl (C=O) groups excluding carboxylic acids is 1. The molecule has 0 heterocycles. The van der Waals surface area contributed by atoms with Crippen molar-refractivity contribution >= 4 is 5.97 Å². The van der Waals surface area contributed by atoms with Crippen LogP contribution in [0.3, 0.4) is 0 Å². The Bertz CT molecular complexity index is 176. The number of carbonyl (C=O) groups is 1. The van der Waals surface area contributed by atoms with Crippen molar-refractivity contribution < 1.29 is 9.53 Å². The predicted octanol–water partition coefficient (Wildman–Crippen LogP) is 1.84. The van der Waals surface area contributed by atoms with Gasteiger partial charge < -0.3 is 10.1 Å². The summed E-state index contributed by atoms with van der Waals surface area (Å²) in [5, 5.41) is 3.06. The number of nitrogens with one attached hydrogen (secondary N) is 1. The van der Waals surface area contributed by atoms with Gasteiger partial charge in [-0.05, 0) is 20.3 Å². The Morgan fingerprint density at radius 3 is 2.69 bits per heavy atom. The number of rotatable bonds is 6. The lowest BCUT2D eigenvalue weighted by Crippen LogP contribution is -2.12. The second kappa shape index (κ2) is 7.65. The summed E-state index contributed by atoms with van der Waals surface area (Å²) < 4.78 is 4.81. The Morgan fingerprint density at radius 2 is 2.15 bits per heavy atom. The van der Waals surface area contributed by atoms with E-state index < -0.39 is 0 Å². The zero-order valence-electron chi connectivity index (χ0n) is 8.72. The lowest BCUT2D eigenvalue weighted by molar-refractivity contribution is -0.138. The first-order valence-corrected chi connectivity index (χ1v) is 4.79. The molecule has 0 amide bonds. The summed E-state index contributed by atoms with van der Waals surface area (Å²) in [4.78, 5) is 11.1. The third-order valence-corrected chi connectivity index (χ3v) is 1.59. The maximum Gasteiger partial charge on any atom is 0.335 e. The Labute approximate surface area is 80.2 Å². The van der Waals surface area contributed by atoms with Crippen molar-refractivity contribution in [2.45, 2.75) is 33.6 Å². The molecule has 0 aliphatic heterocycles. The SMILES string of the molecule is CCCCN/C=C(\C)C(=O)OCC. The number of unbranched alkanes of at least 4 members (excludes halogenated alkanes) is 1. The van der Waals surface area contributed by atoms with Gasteiger partial charge in [-0.2, -0.15) is 0 Å².